The maximum atomic E-state index is 5.64. The zero-order valence-electron chi connectivity index (χ0n) is 12.0. The molecular weight excluding hydrogens is 306 g/mol. The van der Waals surface area contributed by atoms with Crippen LogP contribution < -0.4 is 11.3 Å². The first-order valence-electron chi connectivity index (χ1n) is 7.21. The van der Waals surface area contributed by atoms with Gasteiger partial charge in [-0.25, -0.2) is 4.68 Å². The lowest BCUT2D eigenvalue weighted by Crippen LogP contribution is -2.29. The first-order chi connectivity index (χ1) is 9.20. The van der Waals surface area contributed by atoms with Crippen molar-refractivity contribution in [2.24, 2.45) is 12.9 Å². The molecule has 0 aromatic carbocycles. The third-order valence-electron chi connectivity index (χ3n) is 3.45. The van der Waals surface area contributed by atoms with Crippen molar-refractivity contribution >= 4 is 15.9 Å². The van der Waals surface area contributed by atoms with Crippen molar-refractivity contribution < 1.29 is 0 Å². The van der Waals surface area contributed by atoms with E-state index in [0.717, 1.165) is 16.7 Å². The number of hydrazine groups is 1. The Morgan fingerprint density at radius 1 is 1.21 bits per heavy atom. The van der Waals surface area contributed by atoms with Gasteiger partial charge in [0.15, 0.2) is 4.60 Å². The Morgan fingerprint density at radius 2 is 1.84 bits per heavy atom. The number of aromatic nitrogens is 3. The van der Waals surface area contributed by atoms with Crippen molar-refractivity contribution in [3.63, 3.8) is 0 Å². The molecule has 1 atom stereocenters. The van der Waals surface area contributed by atoms with E-state index < -0.39 is 0 Å². The Bertz CT molecular complexity index is 333. The van der Waals surface area contributed by atoms with Crippen LogP contribution in [0.25, 0.3) is 0 Å². The predicted molar refractivity (Wildman–Crippen MR) is 81.4 cm³/mol. The van der Waals surface area contributed by atoms with Gasteiger partial charge >= 0.3 is 0 Å². The van der Waals surface area contributed by atoms with E-state index in [2.05, 4.69) is 38.6 Å². The first-order valence-corrected chi connectivity index (χ1v) is 8.01. The van der Waals surface area contributed by atoms with Crippen LogP contribution in [0.2, 0.25) is 0 Å². The Hall–Kier alpha value is -0.460. The average molecular weight is 332 g/mol. The van der Waals surface area contributed by atoms with Crippen LogP contribution in [0.5, 0.6) is 0 Å². The fraction of sp³-hybridized carbons (Fsp3) is 0.846. The molecule has 1 rings (SSSR count). The van der Waals surface area contributed by atoms with Gasteiger partial charge in [0, 0.05) is 7.05 Å². The molecule has 1 unspecified atom stereocenters. The predicted octanol–water partition coefficient (Wildman–Crippen LogP) is 3.22. The van der Waals surface area contributed by atoms with Crippen LogP contribution in [0.15, 0.2) is 4.60 Å². The molecule has 0 aliphatic heterocycles. The Balaban J connectivity index is 2.26. The second kappa shape index (κ2) is 9.44. The summed E-state index contributed by atoms with van der Waals surface area (Å²) in [5.74, 6) is 5.64. The van der Waals surface area contributed by atoms with Gasteiger partial charge in [0.2, 0.25) is 0 Å². The van der Waals surface area contributed by atoms with Gasteiger partial charge in [0.25, 0.3) is 0 Å². The van der Waals surface area contributed by atoms with Gasteiger partial charge < -0.3 is 0 Å². The van der Waals surface area contributed by atoms with E-state index in [1.165, 1.54) is 44.9 Å². The number of unbranched alkanes of at least 4 members (excludes halogenated alkanes) is 6. The third-order valence-corrected chi connectivity index (χ3v) is 4.02. The van der Waals surface area contributed by atoms with E-state index in [9.17, 15) is 0 Å². The highest BCUT2D eigenvalue weighted by molar-refractivity contribution is 9.10. The fourth-order valence-corrected chi connectivity index (χ4v) is 2.92. The van der Waals surface area contributed by atoms with Crippen LogP contribution in [-0.4, -0.2) is 15.0 Å². The molecule has 0 radical (unpaired) electrons. The van der Waals surface area contributed by atoms with E-state index in [4.69, 9.17) is 5.84 Å². The Morgan fingerprint density at radius 3 is 2.37 bits per heavy atom. The zero-order valence-corrected chi connectivity index (χ0v) is 13.6. The third kappa shape index (κ3) is 5.58. The van der Waals surface area contributed by atoms with Crippen molar-refractivity contribution in [3.05, 3.63) is 10.3 Å². The van der Waals surface area contributed by atoms with Crippen LogP contribution >= 0.6 is 15.9 Å². The average Bonchev–Trinajstić information content (AvgIpc) is 2.73. The Labute approximate surface area is 124 Å². The molecule has 0 saturated heterocycles. The quantitative estimate of drug-likeness (QED) is 0.392. The number of rotatable bonds is 10. The number of halogens is 1. The van der Waals surface area contributed by atoms with Crippen molar-refractivity contribution in [1.82, 2.24) is 20.4 Å². The molecule has 0 saturated carbocycles. The number of aryl methyl sites for hydroxylation is 1. The summed E-state index contributed by atoms with van der Waals surface area (Å²) in [6.07, 6.45) is 10.2. The largest absolute Gasteiger partial charge is 0.271 e. The van der Waals surface area contributed by atoms with Gasteiger partial charge in [-0.05, 0) is 22.4 Å². The second-order valence-corrected chi connectivity index (χ2v) is 5.77. The van der Waals surface area contributed by atoms with Gasteiger partial charge in [0.05, 0.1) is 11.7 Å². The molecule has 19 heavy (non-hydrogen) atoms. The summed E-state index contributed by atoms with van der Waals surface area (Å²) in [5, 5.41) is 7.98. The van der Waals surface area contributed by atoms with Crippen molar-refractivity contribution in [1.29, 1.82) is 0 Å². The minimum Gasteiger partial charge on any atom is -0.271 e. The van der Waals surface area contributed by atoms with Crippen molar-refractivity contribution in [2.75, 3.05) is 0 Å². The smallest absolute Gasteiger partial charge is 0.153 e. The lowest BCUT2D eigenvalue weighted by molar-refractivity contribution is 0.449. The van der Waals surface area contributed by atoms with Gasteiger partial charge in [-0.3, -0.25) is 11.3 Å². The normalized spacial score (nSPS) is 12.8. The highest BCUT2D eigenvalue weighted by atomic mass is 79.9. The number of nitrogens with one attached hydrogen (secondary N) is 1. The van der Waals surface area contributed by atoms with Crippen LogP contribution in [0.4, 0.5) is 0 Å². The van der Waals surface area contributed by atoms with Crippen LogP contribution in [-0.2, 0) is 7.05 Å². The minimum absolute atomic E-state index is 0.116. The van der Waals surface area contributed by atoms with Gasteiger partial charge in [-0.1, -0.05) is 57.1 Å². The molecule has 0 spiro atoms. The van der Waals surface area contributed by atoms with Crippen LogP contribution in [0.1, 0.15) is 70.0 Å². The maximum absolute atomic E-state index is 5.64. The summed E-state index contributed by atoms with van der Waals surface area (Å²) in [4.78, 5) is 0. The number of nitrogens with two attached hydrogens (primary N) is 1. The topological polar surface area (TPSA) is 68.8 Å². The van der Waals surface area contributed by atoms with Crippen molar-refractivity contribution in [2.45, 2.75) is 64.3 Å². The summed E-state index contributed by atoms with van der Waals surface area (Å²) in [6.45, 7) is 2.25. The molecule has 0 amide bonds. The zero-order chi connectivity index (χ0) is 14.1. The standard InChI is InChI=1S/C13H26BrN5/c1-3-4-5-6-7-8-9-10-11(16-15)12-13(14)17-18-19(12)2/h11,16H,3-10,15H2,1-2H3. The van der Waals surface area contributed by atoms with E-state index >= 15 is 0 Å². The molecule has 1 heterocycles. The number of hydrogen-bond donors (Lipinski definition) is 2. The first kappa shape index (κ1) is 16.6. The molecule has 0 aliphatic carbocycles. The maximum Gasteiger partial charge on any atom is 0.153 e. The van der Waals surface area contributed by atoms with Gasteiger partial charge in [-0.2, -0.15) is 0 Å². The van der Waals surface area contributed by atoms with Crippen molar-refractivity contribution in [3.8, 4) is 0 Å². The number of nitrogens with zero attached hydrogens (tertiary/aromatic N) is 3. The molecule has 110 valence electrons. The summed E-state index contributed by atoms with van der Waals surface area (Å²) >= 11 is 3.42. The van der Waals surface area contributed by atoms with E-state index in [0.29, 0.717) is 0 Å². The lowest BCUT2D eigenvalue weighted by Gasteiger charge is -2.15. The van der Waals surface area contributed by atoms with E-state index in [1.54, 1.807) is 4.68 Å². The SMILES string of the molecule is CCCCCCCCCC(NN)c1c(Br)nnn1C. The van der Waals surface area contributed by atoms with Crippen LogP contribution in [0, 0.1) is 0 Å². The van der Waals surface area contributed by atoms with Gasteiger partial charge in [0.1, 0.15) is 0 Å². The molecule has 1 aromatic heterocycles. The molecule has 6 heteroatoms. The van der Waals surface area contributed by atoms with E-state index in [-0.39, 0.29) is 6.04 Å². The van der Waals surface area contributed by atoms with Gasteiger partial charge in [-0.15, -0.1) is 5.10 Å². The fourth-order valence-electron chi connectivity index (χ4n) is 2.31. The molecule has 5 nitrogen and oxygen atoms in total. The number of hydrogen-bond acceptors (Lipinski definition) is 4. The molecule has 0 aliphatic rings. The summed E-state index contributed by atoms with van der Waals surface area (Å²) in [5.41, 5.74) is 3.89. The molecule has 3 N–H and O–H groups in total. The Kier molecular flexibility index (Phi) is 8.25. The summed E-state index contributed by atoms with van der Waals surface area (Å²) < 4.78 is 2.55. The molecule has 1 aromatic rings. The minimum atomic E-state index is 0.116. The lowest BCUT2D eigenvalue weighted by atomic mass is 10.0. The second-order valence-electron chi connectivity index (χ2n) is 5.02. The monoisotopic (exact) mass is 331 g/mol. The van der Waals surface area contributed by atoms with E-state index in [1.807, 2.05) is 7.05 Å². The summed E-state index contributed by atoms with van der Waals surface area (Å²) in [6, 6.07) is 0.116. The highest BCUT2D eigenvalue weighted by Crippen LogP contribution is 2.24. The highest BCUT2D eigenvalue weighted by Gasteiger charge is 2.18. The summed E-state index contributed by atoms with van der Waals surface area (Å²) in [7, 11) is 1.89. The molecule has 0 bridgehead atoms. The molecular formula is C13H26BrN5. The van der Waals surface area contributed by atoms with Crippen LogP contribution in [0.3, 0.4) is 0 Å². The molecule has 0 fully saturated rings.